The number of para-hydroxylation sites is 2. The van der Waals surface area contributed by atoms with Gasteiger partial charge in [0.15, 0.2) is 0 Å². The first-order chi connectivity index (χ1) is 9.93. The number of nitrogens with zero attached hydrogens (tertiary/aromatic N) is 1. The van der Waals surface area contributed by atoms with Gasteiger partial charge in [0.25, 0.3) is 0 Å². The molecule has 20 heavy (non-hydrogen) atoms. The fourth-order valence-electron chi connectivity index (χ4n) is 3.34. The third-order valence-corrected chi connectivity index (χ3v) is 4.43. The van der Waals surface area contributed by atoms with Crippen LogP contribution in [0.1, 0.15) is 38.5 Å². The molecule has 0 spiro atoms. The minimum Gasteiger partial charge on any atom is -0.491 e. The average Bonchev–Trinajstić information content (AvgIpc) is 2.91. The Morgan fingerprint density at radius 2 is 2.00 bits per heavy atom. The molecule has 0 amide bonds. The molecule has 0 atom stereocenters. The molecule has 0 unspecified atom stereocenters. The Bertz CT molecular complexity index is 415. The van der Waals surface area contributed by atoms with Crippen molar-refractivity contribution in [3.8, 4) is 5.75 Å². The fourth-order valence-corrected chi connectivity index (χ4v) is 3.34. The maximum atomic E-state index is 5.81. The number of hydrogen-bond donors (Lipinski definition) is 1. The normalized spacial score (nSPS) is 19.5. The van der Waals surface area contributed by atoms with Crippen molar-refractivity contribution in [3.63, 3.8) is 0 Å². The Balaban J connectivity index is 1.49. The maximum absolute atomic E-state index is 5.81. The summed E-state index contributed by atoms with van der Waals surface area (Å²) in [6, 6.07) is 9.23. The third kappa shape index (κ3) is 3.45. The first-order valence-electron chi connectivity index (χ1n) is 8.13. The first kappa shape index (κ1) is 13.7. The van der Waals surface area contributed by atoms with E-state index in [0.29, 0.717) is 0 Å². The van der Waals surface area contributed by atoms with Crippen molar-refractivity contribution in [2.24, 2.45) is 0 Å². The topological polar surface area (TPSA) is 24.5 Å². The number of benzene rings is 1. The zero-order chi connectivity index (χ0) is 13.6. The monoisotopic (exact) mass is 274 g/mol. The van der Waals surface area contributed by atoms with Crippen LogP contribution in [0.25, 0.3) is 0 Å². The predicted molar refractivity (Wildman–Crippen MR) is 83.6 cm³/mol. The third-order valence-electron chi connectivity index (χ3n) is 4.43. The van der Waals surface area contributed by atoms with E-state index in [1.165, 1.54) is 37.8 Å². The van der Waals surface area contributed by atoms with Gasteiger partial charge in [-0.1, -0.05) is 25.0 Å². The van der Waals surface area contributed by atoms with Crippen LogP contribution in [-0.2, 0) is 0 Å². The maximum Gasteiger partial charge on any atom is 0.142 e. The molecule has 1 saturated carbocycles. The molecular weight excluding hydrogens is 248 g/mol. The van der Waals surface area contributed by atoms with E-state index in [1.54, 1.807) is 0 Å². The van der Waals surface area contributed by atoms with Crippen LogP contribution >= 0.6 is 0 Å². The van der Waals surface area contributed by atoms with Crippen LogP contribution < -0.4 is 15.0 Å². The number of anilines is 1. The molecule has 1 aliphatic carbocycles. The van der Waals surface area contributed by atoms with Crippen molar-refractivity contribution in [1.82, 2.24) is 5.32 Å². The number of hydrogen-bond acceptors (Lipinski definition) is 3. The summed E-state index contributed by atoms with van der Waals surface area (Å²) >= 11 is 0. The van der Waals surface area contributed by atoms with Gasteiger partial charge in [-0.2, -0.15) is 0 Å². The molecule has 3 heteroatoms. The lowest BCUT2D eigenvalue weighted by Crippen LogP contribution is -2.31. The van der Waals surface area contributed by atoms with Crippen molar-refractivity contribution in [2.75, 3.05) is 31.1 Å². The number of nitrogens with one attached hydrogen (secondary N) is 1. The van der Waals surface area contributed by atoms with Gasteiger partial charge in [0, 0.05) is 19.1 Å². The van der Waals surface area contributed by atoms with Gasteiger partial charge in [-0.3, -0.25) is 0 Å². The highest BCUT2D eigenvalue weighted by molar-refractivity contribution is 5.58. The SMILES string of the molecule is c1ccc2c(c1)OCCCN2CCCNC1CCCC1. The van der Waals surface area contributed by atoms with Crippen molar-refractivity contribution in [2.45, 2.75) is 44.6 Å². The molecule has 0 aromatic heterocycles. The second kappa shape index (κ2) is 6.98. The van der Waals surface area contributed by atoms with E-state index >= 15 is 0 Å². The van der Waals surface area contributed by atoms with Crippen LogP contribution in [0, 0.1) is 0 Å². The fraction of sp³-hybridized carbons (Fsp3) is 0.647. The molecule has 3 nitrogen and oxygen atoms in total. The smallest absolute Gasteiger partial charge is 0.142 e. The molecule has 3 rings (SSSR count). The van der Waals surface area contributed by atoms with Crippen LogP contribution in [-0.4, -0.2) is 32.3 Å². The number of rotatable bonds is 5. The summed E-state index contributed by atoms with van der Waals surface area (Å²) in [7, 11) is 0. The van der Waals surface area contributed by atoms with Gasteiger partial charge in [-0.05, 0) is 44.4 Å². The lowest BCUT2D eigenvalue weighted by atomic mass is 10.2. The predicted octanol–water partition coefficient (Wildman–Crippen LogP) is 3.20. The van der Waals surface area contributed by atoms with E-state index in [-0.39, 0.29) is 0 Å². The summed E-state index contributed by atoms with van der Waals surface area (Å²) < 4.78 is 5.81. The molecule has 1 N–H and O–H groups in total. The molecule has 2 aliphatic rings. The van der Waals surface area contributed by atoms with E-state index in [2.05, 4.69) is 34.5 Å². The summed E-state index contributed by atoms with van der Waals surface area (Å²) in [4.78, 5) is 2.48. The molecular formula is C17H26N2O. The Hall–Kier alpha value is -1.22. The van der Waals surface area contributed by atoms with Crippen molar-refractivity contribution >= 4 is 5.69 Å². The summed E-state index contributed by atoms with van der Waals surface area (Å²) in [6.07, 6.45) is 7.90. The molecule has 1 aliphatic heterocycles. The van der Waals surface area contributed by atoms with Crippen LogP contribution in [0.15, 0.2) is 24.3 Å². The van der Waals surface area contributed by atoms with Gasteiger partial charge < -0.3 is 15.0 Å². The Morgan fingerprint density at radius 3 is 2.90 bits per heavy atom. The van der Waals surface area contributed by atoms with E-state index in [0.717, 1.165) is 44.5 Å². The van der Waals surface area contributed by atoms with E-state index < -0.39 is 0 Å². The van der Waals surface area contributed by atoms with E-state index in [9.17, 15) is 0 Å². The quantitative estimate of drug-likeness (QED) is 0.835. The summed E-state index contributed by atoms with van der Waals surface area (Å²) in [5.74, 6) is 1.05. The molecule has 1 aromatic rings. The van der Waals surface area contributed by atoms with Crippen molar-refractivity contribution in [3.05, 3.63) is 24.3 Å². The average molecular weight is 274 g/mol. The van der Waals surface area contributed by atoms with Gasteiger partial charge in [0.2, 0.25) is 0 Å². The number of fused-ring (bicyclic) bond motifs is 1. The minimum absolute atomic E-state index is 0.787. The Kier molecular flexibility index (Phi) is 4.80. The standard InChI is InChI=1S/C17H26N2O/c1-2-8-15(7-1)18-11-5-12-19-13-6-14-20-17-10-4-3-9-16(17)19/h3-4,9-10,15,18H,1-2,5-8,11-14H2. The summed E-state index contributed by atoms with van der Waals surface area (Å²) in [5.41, 5.74) is 1.27. The van der Waals surface area contributed by atoms with Crippen LogP contribution in [0.5, 0.6) is 5.75 Å². The van der Waals surface area contributed by atoms with Gasteiger partial charge in [-0.15, -0.1) is 0 Å². The molecule has 1 fully saturated rings. The van der Waals surface area contributed by atoms with Crippen LogP contribution in [0.2, 0.25) is 0 Å². The summed E-state index contributed by atoms with van der Waals surface area (Å²) in [6.45, 7) is 4.22. The molecule has 1 aromatic carbocycles. The van der Waals surface area contributed by atoms with Gasteiger partial charge in [-0.25, -0.2) is 0 Å². The van der Waals surface area contributed by atoms with E-state index in [4.69, 9.17) is 4.74 Å². The zero-order valence-electron chi connectivity index (χ0n) is 12.3. The molecule has 0 bridgehead atoms. The van der Waals surface area contributed by atoms with Crippen molar-refractivity contribution in [1.29, 1.82) is 0 Å². The van der Waals surface area contributed by atoms with Gasteiger partial charge >= 0.3 is 0 Å². The van der Waals surface area contributed by atoms with Crippen LogP contribution in [0.4, 0.5) is 5.69 Å². The lowest BCUT2D eigenvalue weighted by Gasteiger charge is -2.24. The highest BCUT2D eigenvalue weighted by atomic mass is 16.5. The van der Waals surface area contributed by atoms with Crippen molar-refractivity contribution < 1.29 is 4.74 Å². The van der Waals surface area contributed by atoms with Crippen LogP contribution in [0.3, 0.4) is 0 Å². The van der Waals surface area contributed by atoms with Gasteiger partial charge in [0.1, 0.15) is 5.75 Å². The molecule has 0 saturated heterocycles. The molecule has 1 heterocycles. The molecule has 110 valence electrons. The highest BCUT2D eigenvalue weighted by Gasteiger charge is 2.16. The first-order valence-corrected chi connectivity index (χ1v) is 8.13. The highest BCUT2D eigenvalue weighted by Crippen LogP contribution is 2.30. The Labute approximate surface area is 122 Å². The zero-order valence-corrected chi connectivity index (χ0v) is 12.3. The largest absolute Gasteiger partial charge is 0.491 e. The van der Waals surface area contributed by atoms with E-state index in [1.807, 2.05) is 0 Å². The second-order valence-corrected chi connectivity index (χ2v) is 5.95. The lowest BCUT2D eigenvalue weighted by molar-refractivity contribution is 0.322. The van der Waals surface area contributed by atoms with Gasteiger partial charge in [0.05, 0.1) is 12.3 Å². The Morgan fingerprint density at radius 1 is 1.15 bits per heavy atom. The number of ether oxygens (including phenoxy) is 1. The summed E-state index contributed by atoms with van der Waals surface area (Å²) in [5, 5.41) is 3.70. The molecule has 0 radical (unpaired) electrons. The minimum atomic E-state index is 0.787. The second-order valence-electron chi connectivity index (χ2n) is 5.95.